The molecule has 0 bridgehead atoms. The first-order chi connectivity index (χ1) is 10.8. The average molecular weight is 301 g/mol. The average Bonchev–Trinajstić information content (AvgIpc) is 3.04. The number of fused-ring (bicyclic) bond motifs is 1. The van der Waals surface area contributed by atoms with Gasteiger partial charge in [0.15, 0.2) is 6.29 Å². The lowest BCUT2D eigenvalue weighted by atomic mass is 9.82. The minimum absolute atomic E-state index is 0.253. The number of aromatic nitrogens is 3. The summed E-state index contributed by atoms with van der Waals surface area (Å²) in [6, 6.07) is 3.17. The van der Waals surface area contributed by atoms with Gasteiger partial charge in [0.1, 0.15) is 5.82 Å². The van der Waals surface area contributed by atoms with Gasteiger partial charge >= 0.3 is 0 Å². The van der Waals surface area contributed by atoms with Crippen LogP contribution in [-0.4, -0.2) is 47.0 Å². The van der Waals surface area contributed by atoms with Crippen LogP contribution in [0.1, 0.15) is 16.8 Å². The normalized spacial score (nSPS) is 23.8. The number of nitrogens with zero attached hydrogens (tertiary/aromatic N) is 4. The summed E-state index contributed by atoms with van der Waals surface area (Å²) in [6.07, 6.45) is 4.85. The highest BCUT2D eigenvalue weighted by atomic mass is 19.1. The molecule has 2 aliphatic heterocycles. The fourth-order valence-electron chi connectivity index (χ4n) is 3.47. The van der Waals surface area contributed by atoms with Gasteiger partial charge in [0.2, 0.25) is 0 Å². The van der Waals surface area contributed by atoms with Gasteiger partial charge in [-0.15, -0.1) is 0 Å². The van der Waals surface area contributed by atoms with E-state index in [0.717, 1.165) is 26.1 Å². The summed E-state index contributed by atoms with van der Waals surface area (Å²) in [6.45, 7) is 2.63. The molecule has 114 valence electrons. The topological polar surface area (TPSA) is 63.1 Å². The van der Waals surface area contributed by atoms with E-state index in [0.29, 0.717) is 29.1 Å². The fraction of sp³-hybridized carbons (Fsp3) is 0.400. The maximum absolute atomic E-state index is 14.4. The number of hydrogen-bond acceptors (Lipinski definition) is 5. The highest BCUT2D eigenvalue weighted by Gasteiger charge is 2.42. The third kappa shape index (κ3) is 1.93. The molecule has 1 aromatic heterocycles. The molecule has 0 amide bonds. The molecular weight excluding hydrogens is 285 g/mol. The minimum Gasteiger partial charge on any atom is -0.364 e. The summed E-state index contributed by atoms with van der Waals surface area (Å²) in [7, 11) is 0. The lowest BCUT2D eigenvalue weighted by Crippen LogP contribution is -2.64. The van der Waals surface area contributed by atoms with E-state index in [1.807, 2.05) is 4.90 Å². The van der Waals surface area contributed by atoms with Crippen LogP contribution in [0.4, 0.5) is 10.1 Å². The molecule has 0 saturated carbocycles. The predicted octanol–water partition coefficient (Wildman–Crippen LogP) is 1.02. The van der Waals surface area contributed by atoms with Crippen molar-refractivity contribution >= 4 is 12.0 Å². The van der Waals surface area contributed by atoms with Crippen LogP contribution in [-0.2, 0) is 0 Å². The largest absolute Gasteiger partial charge is 0.364 e. The third-order valence-corrected chi connectivity index (χ3v) is 4.61. The summed E-state index contributed by atoms with van der Waals surface area (Å²) < 4.78 is 14.4. The number of halogens is 1. The first-order valence-electron chi connectivity index (χ1n) is 7.41. The SMILES string of the molecule is O=Cc1c(-n2nccn2)ccc(F)c1N1C[C@H]2CCNC[C@H]21. The number of benzene rings is 1. The molecular formula is C15H16FN5O. The van der Waals surface area contributed by atoms with Crippen LogP contribution < -0.4 is 10.2 Å². The summed E-state index contributed by atoms with van der Waals surface area (Å²) in [5.74, 6) is 0.202. The van der Waals surface area contributed by atoms with Crippen LogP contribution in [0.5, 0.6) is 0 Å². The Morgan fingerprint density at radius 1 is 1.32 bits per heavy atom. The minimum atomic E-state index is -0.373. The molecule has 7 heteroatoms. The smallest absolute Gasteiger partial charge is 0.154 e. The van der Waals surface area contributed by atoms with Gasteiger partial charge in [-0.2, -0.15) is 15.0 Å². The summed E-state index contributed by atoms with van der Waals surface area (Å²) in [5, 5.41) is 11.4. The van der Waals surface area contributed by atoms with Crippen molar-refractivity contribution in [3.63, 3.8) is 0 Å². The Hall–Kier alpha value is -2.28. The first-order valence-corrected chi connectivity index (χ1v) is 7.41. The second-order valence-corrected chi connectivity index (χ2v) is 5.74. The van der Waals surface area contributed by atoms with Crippen LogP contribution in [0.15, 0.2) is 24.5 Å². The molecule has 0 radical (unpaired) electrons. The van der Waals surface area contributed by atoms with Gasteiger partial charge in [-0.05, 0) is 31.0 Å². The zero-order valence-corrected chi connectivity index (χ0v) is 11.9. The lowest BCUT2D eigenvalue weighted by molar-refractivity contribution is 0.112. The van der Waals surface area contributed by atoms with Crippen LogP contribution in [0, 0.1) is 11.7 Å². The number of anilines is 1. The molecule has 0 aliphatic carbocycles. The molecule has 6 nitrogen and oxygen atoms in total. The van der Waals surface area contributed by atoms with Crippen molar-refractivity contribution in [3.8, 4) is 5.69 Å². The van der Waals surface area contributed by atoms with Gasteiger partial charge in [0.25, 0.3) is 0 Å². The van der Waals surface area contributed by atoms with Gasteiger partial charge < -0.3 is 10.2 Å². The standard InChI is InChI=1S/C15H16FN5O/c16-12-1-2-13(21-18-5-6-19-21)11(9-22)15(12)20-8-10-3-4-17-7-14(10)20/h1-2,5-6,9-10,14,17H,3-4,7-8H2/t10-,14-/m1/s1. The van der Waals surface area contributed by atoms with Crippen molar-refractivity contribution in [3.05, 3.63) is 35.9 Å². The Morgan fingerprint density at radius 3 is 2.86 bits per heavy atom. The molecule has 2 atom stereocenters. The monoisotopic (exact) mass is 301 g/mol. The lowest BCUT2D eigenvalue weighted by Gasteiger charge is -2.52. The fourth-order valence-corrected chi connectivity index (χ4v) is 3.47. The molecule has 1 N–H and O–H groups in total. The molecule has 4 rings (SSSR count). The molecule has 2 saturated heterocycles. The van der Waals surface area contributed by atoms with E-state index in [4.69, 9.17) is 0 Å². The molecule has 3 heterocycles. The zero-order chi connectivity index (χ0) is 15.1. The molecule has 0 unspecified atom stereocenters. The van der Waals surface area contributed by atoms with Gasteiger partial charge in [0, 0.05) is 19.1 Å². The predicted molar refractivity (Wildman–Crippen MR) is 78.8 cm³/mol. The number of aldehydes is 1. The Labute approximate surface area is 126 Å². The second kappa shape index (κ2) is 5.17. The molecule has 22 heavy (non-hydrogen) atoms. The maximum Gasteiger partial charge on any atom is 0.154 e. The second-order valence-electron chi connectivity index (χ2n) is 5.74. The molecule has 2 aromatic rings. The van der Waals surface area contributed by atoms with Gasteiger partial charge in [-0.25, -0.2) is 4.39 Å². The highest BCUT2D eigenvalue weighted by Crippen LogP contribution is 2.38. The van der Waals surface area contributed by atoms with Crippen LogP contribution in [0.2, 0.25) is 0 Å². The molecule has 2 aliphatic rings. The Bertz CT molecular complexity index is 702. The van der Waals surface area contributed by atoms with E-state index in [2.05, 4.69) is 15.5 Å². The van der Waals surface area contributed by atoms with E-state index in [1.165, 1.54) is 23.3 Å². The van der Waals surface area contributed by atoms with Crippen LogP contribution >= 0.6 is 0 Å². The number of hydrogen-bond donors (Lipinski definition) is 1. The van der Waals surface area contributed by atoms with Crippen molar-refractivity contribution in [2.24, 2.45) is 5.92 Å². The van der Waals surface area contributed by atoms with E-state index in [-0.39, 0.29) is 11.9 Å². The summed E-state index contributed by atoms with van der Waals surface area (Å²) in [5.41, 5.74) is 1.18. The summed E-state index contributed by atoms with van der Waals surface area (Å²) >= 11 is 0. The number of piperidine rings is 1. The quantitative estimate of drug-likeness (QED) is 0.858. The maximum atomic E-state index is 14.4. The molecule has 2 fully saturated rings. The van der Waals surface area contributed by atoms with Crippen molar-refractivity contribution in [1.29, 1.82) is 0 Å². The van der Waals surface area contributed by atoms with E-state index in [9.17, 15) is 9.18 Å². The van der Waals surface area contributed by atoms with Crippen molar-refractivity contribution in [2.75, 3.05) is 24.5 Å². The van der Waals surface area contributed by atoms with E-state index < -0.39 is 0 Å². The van der Waals surface area contributed by atoms with Crippen LogP contribution in [0.3, 0.4) is 0 Å². The summed E-state index contributed by atoms with van der Waals surface area (Å²) in [4.78, 5) is 15.0. The van der Waals surface area contributed by atoms with E-state index >= 15 is 0 Å². The van der Waals surface area contributed by atoms with Crippen molar-refractivity contribution < 1.29 is 9.18 Å². The third-order valence-electron chi connectivity index (χ3n) is 4.61. The molecule has 0 spiro atoms. The molecule has 1 aromatic carbocycles. The Kier molecular flexibility index (Phi) is 3.15. The van der Waals surface area contributed by atoms with Gasteiger partial charge in [0.05, 0.1) is 29.3 Å². The Morgan fingerprint density at radius 2 is 2.14 bits per heavy atom. The van der Waals surface area contributed by atoms with Crippen molar-refractivity contribution in [2.45, 2.75) is 12.5 Å². The zero-order valence-electron chi connectivity index (χ0n) is 11.9. The highest BCUT2D eigenvalue weighted by molar-refractivity contribution is 5.90. The van der Waals surface area contributed by atoms with Crippen molar-refractivity contribution in [1.82, 2.24) is 20.3 Å². The van der Waals surface area contributed by atoms with Crippen LogP contribution in [0.25, 0.3) is 5.69 Å². The number of carbonyl (C=O) groups excluding carboxylic acids is 1. The first kappa shape index (κ1) is 13.4. The number of rotatable bonds is 3. The number of carbonyl (C=O) groups is 1. The van der Waals surface area contributed by atoms with Gasteiger partial charge in [-0.1, -0.05) is 0 Å². The van der Waals surface area contributed by atoms with E-state index in [1.54, 1.807) is 6.07 Å². The van der Waals surface area contributed by atoms with Gasteiger partial charge in [-0.3, -0.25) is 4.79 Å². The number of nitrogens with one attached hydrogen (secondary N) is 1. The Balaban J connectivity index is 1.78.